The lowest BCUT2D eigenvalue weighted by Gasteiger charge is -2.34. The molecule has 0 saturated carbocycles. The van der Waals surface area contributed by atoms with Gasteiger partial charge in [0.15, 0.2) is 5.96 Å². The van der Waals surface area contributed by atoms with Crippen LogP contribution in [-0.2, 0) is 0 Å². The molecule has 1 heterocycles. The Balaban J connectivity index is 0.00000529. The molecule has 0 bridgehead atoms. The number of halogens is 1. The molecule has 1 saturated heterocycles. The summed E-state index contributed by atoms with van der Waals surface area (Å²) >= 11 is 0. The first-order valence-corrected chi connectivity index (χ1v) is 9.32. The Labute approximate surface area is 166 Å². The molecule has 0 unspecified atom stereocenters. The van der Waals surface area contributed by atoms with Crippen molar-refractivity contribution < 1.29 is 0 Å². The molecule has 0 spiro atoms. The number of nitrogens with zero attached hydrogens (tertiary/aromatic N) is 2. The third-order valence-electron chi connectivity index (χ3n) is 3.93. The summed E-state index contributed by atoms with van der Waals surface area (Å²) in [6, 6.07) is 0.548. The number of aliphatic imine (C=N–C) groups is 1. The van der Waals surface area contributed by atoms with E-state index in [2.05, 4.69) is 62.4 Å². The van der Waals surface area contributed by atoms with Crippen LogP contribution in [0.5, 0.6) is 0 Å². The van der Waals surface area contributed by atoms with E-state index in [-0.39, 0.29) is 29.5 Å². The van der Waals surface area contributed by atoms with Gasteiger partial charge in [-0.05, 0) is 46.5 Å². The Morgan fingerprint density at radius 2 is 1.83 bits per heavy atom. The van der Waals surface area contributed by atoms with Crippen molar-refractivity contribution in [3.63, 3.8) is 0 Å². The monoisotopic (exact) mass is 453 g/mol. The molecule has 0 aliphatic carbocycles. The van der Waals surface area contributed by atoms with E-state index in [9.17, 15) is 0 Å². The minimum absolute atomic E-state index is 0. The van der Waals surface area contributed by atoms with Crippen molar-refractivity contribution in [2.75, 3.05) is 39.3 Å². The van der Waals surface area contributed by atoms with Gasteiger partial charge in [-0.25, -0.2) is 0 Å². The van der Waals surface area contributed by atoms with Gasteiger partial charge in [0, 0.05) is 44.3 Å². The lowest BCUT2D eigenvalue weighted by atomic mass is 10.0. The highest BCUT2D eigenvalue weighted by Crippen LogP contribution is 2.12. The normalized spacial score (nSPS) is 17.7. The number of likely N-dealkylation sites (tertiary alicyclic amines) is 1. The lowest BCUT2D eigenvalue weighted by Crippen LogP contribution is -2.49. The first-order chi connectivity index (χ1) is 10.8. The third-order valence-corrected chi connectivity index (χ3v) is 3.93. The molecular weight excluding hydrogens is 413 g/mol. The Hall–Kier alpha value is -0.0800. The Morgan fingerprint density at radius 3 is 2.33 bits per heavy atom. The van der Waals surface area contributed by atoms with Crippen LogP contribution in [0.1, 0.15) is 54.4 Å². The van der Waals surface area contributed by atoms with E-state index in [1.807, 2.05) is 0 Å². The van der Waals surface area contributed by atoms with E-state index in [0.717, 1.165) is 31.5 Å². The molecule has 0 amide bonds. The highest BCUT2D eigenvalue weighted by atomic mass is 127. The van der Waals surface area contributed by atoms with Crippen LogP contribution in [0.25, 0.3) is 0 Å². The Morgan fingerprint density at radius 1 is 1.21 bits per heavy atom. The number of rotatable bonds is 7. The second kappa shape index (κ2) is 12.3. The van der Waals surface area contributed by atoms with Gasteiger partial charge >= 0.3 is 0 Å². The first-order valence-electron chi connectivity index (χ1n) is 9.32. The molecule has 0 radical (unpaired) electrons. The number of piperidine rings is 1. The van der Waals surface area contributed by atoms with Crippen LogP contribution >= 0.6 is 24.0 Å². The topological polar surface area (TPSA) is 51.7 Å². The van der Waals surface area contributed by atoms with Crippen molar-refractivity contribution in [3.8, 4) is 0 Å². The highest BCUT2D eigenvalue weighted by Gasteiger charge is 2.20. The van der Waals surface area contributed by atoms with Crippen LogP contribution < -0.4 is 16.0 Å². The maximum atomic E-state index is 4.70. The largest absolute Gasteiger partial charge is 0.357 e. The fraction of sp³-hybridized carbons (Fsp3) is 0.944. The molecule has 1 rings (SSSR count). The molecule has 144 valence electrons. The summed E-state index contributed by atoms with van der Waals surface area (Å²) in [5.74, 6) is 1.72. The van der Waals surface area contributed by atoms with Gasteiger partial charge in [0.1, 0.15) is 0 Å². The molecule has 1 aliphatic heterocycles. The van der Waals surface area contributed by atoms with Gasteiger partial charge in [-0.15, -0.1) is 24.0 Å². The smallest absolute Gasteiger partial charge is 0.191 e. The predicted octanol–water partition coefficient (Wildman–Crippen LogP) is 2.67. The van der Waals surface area contributed by atoms with Crippen molar-refractivity contribution in [1.29, 1.82) is 0 Å². The van der Waals surface area contributed by atoms with Crippen molar-refractivity contribution in [3.05, 3.63) is 0 Å². The predicted molar refractivity (Wildman–Crippen MR) is 117 cm³/mol. The number of hydrogen-bond donors (Lipinski definition) is 3. The van der Waals surface area contributed by atoms with Crippen molar-refractivity contribution in [2.24, 2.45) is 10.9 Å². The van der Waals surface area contributed by atoms with Crippen LogP contribution in [0, 0.1) is 5.92 Å². The maximum absolute atomic E-state index is 4.70. The molecule has 0 aromatic heterocycles. The van der Waals surface area contributed by atoms with Crippen molar-refractivity contribution >= 4 is 29.9 Å². The van der Waals surface area contributed by atoms with E-state index in [1.54, 1.807) is 0 Å². The molecule has 5 nitrogen and oxygen atoms in total. The minimum Gasteiger partial charge on any atom is -0.357 e. The molecule has 3 N–H and O–H groups in total. The van der Waals surface area contributed by atoms with Crippen LogP contribution in [-0.4, -0.2) is 61.7 Å². The minimum atomic E-state index is 0. The molecule has 0 aromatic carbocycles. The van der Waals surface area contributed by atoms with Gasteiger partial charge < -0.3 is 20.9 Å². The summed E-state index contributed by atoms with van der Waals surface area (Å²) in [5, 5.41) is 10.5. The summed E-state index contributed by atoms with van der Waals surface area (Å²) in [5.41, 5.74) is 0.157. The standard InChI is InChI=1S/C18H39N5.HI/c1-7-19-17(20-10-11-21-18(4,5)6)22-16-8-12-23(13-9-16)14-15(2)3;/h15-16,21H,7-14H2,1-6H3,(H2,19,20,22);1H. The fourth-order valence-corrected chi connectivity index (χ4v) is 2.89. The van der Waals surface area contributed by atoms with E-state index in [0.29, 0.717) is 6.04 Å². The maximum Gasteiger partial charge on any atom is 0.191 e. The third kappa shape index (κ3) is 11.5. The fourth-order valence-electron chi connectivity index (χ4n) is 2.89. The average molecular weight is 453 g/mol. The van der Waals surface area contributed by atoms with Crippen LogP contribution in [0.3, 0.4) is 0 Å². The molecule has 1 aliphatic rings. The first kappa shape index (κ1) is 23.9. The van der Waals surface area contributed by atoms with Crippen LogP contribution in [0.2, 0.25) is 0 Å². The SMILES string of the molecule is CCNC(=NCCNC(C)(C)C)NC1CCN(CC(C)C)CC1.I. The second-order valence-corrected chi connectivity index (χ2v) is 8.05. The molecule has 6 heteroatoms. The summed E-state index contributed by atoms with van der Waals surface area (Å²) < 4.78 is 0. The van der Waals surface area contributed by atoms with Crippen molar-refractivity contribution in [2.45, 2.75) is 66.0 Å². The summed E-state index contributed by atoms with van der Waals surface area (Å²) in [6.07, 6.45) is 2.41. The average Bonchev–Trinajstić information content (AvgIpc) is 2.44. The molecule has 1 fully saturated rings. The lowest BCUT2D eigenvalue weighted by molar-refractivity contribution is 0.187. The molecular formula is C18H40IN5. The Kier molecular flexibility index (Phi) is 12.3. The zero-order chi connectivity index (χ0) is 17.3. The van der Waals surface area contributed by atoms with Gasteiger partial charge in [-0.3, -0.25) is 4.99 Å². The van der Waals surface area contributed by atoms with E-state index in [1.165, 1.54) is 32.5 Å². The quantitative estimate of drug-likeness (QED) is 0.240. The highest BCUT2D eigenvalue weighted by molar-refractivity contribution is 14.0. The van der Waals surface area contributed by atoms with Crippen molar-refractivity contribution in [1.82, 2.24) is 20.9 Å². The van der Waals surface area contributed by atoms with E-state index in [4.69, 9.17) is 4.99 Å². The van der Waals surface area contributed by atoms with Gasteiger partial charge in [0.2, 0.25) is 0 Å². The zero-order valence-electron chi connectivity index (χ0n) is 16.6. The summed E-state index contributed by atoms with van der Waals surface area (Å²) in [7, 11) is 0. The van der Waals surface area contributed by atoms with Gasteiger partial charge in [0.05, 0.1) is 6.54 Å². The number of hydrogen-bond acceptors (Lipinski definition) is 3. The second-order valence-electron chi connectivity index (χ2n) is 8.05. The van der Waals surface area contributed by atoms with Gasteiger partial charge in [-0.1, -0.05) is 13.8 Å². The zero-order valence-corrected chi connectivity index (χ0v) is 18.9. The Bertz CT molecular complexity index is 344. The molecule has 24 heavy (non-hydrogen) atoms. The van der Waals surface area contributed by atoms with Crippen LogP contribution in [0.15, 0.2) is 4.99 Å². The molecule has 0 atom stereocenters. The number of nitrogens with one attached hydrogen (secondary N) is 3. The number of guanidine groups is 1. The van der Waals surface area contributed by atoms with Crippen LogP contribution in [0.4, 0.5) is 0 Å². The summed E-state index contributed by atoms with van der Waals surface area (Å²) in [6.45, 7) is 19.5. The van der Waals surface area contributed by atoms with E-state index >= 15 is 0 Å². The van der Waals surface area contributed by atoms with Gasteiger partial charge in [0.25, 0.3) is 0 Å². The van der Waals surface area contributed by atoms with Gasteiger partial charge in [-0.2, -0.15) is 0 Å². The van der Waals surface area contributed by atoms with E-state index < -0.39 is 0 Å². The summed E-state index contributed by atoms with van der Waals surface area (Å²) in [4.78, 5) is 7.28. The molecule has 0 aromatic rings.